The fraction of sp³-hybridized carbons (Fsp3) is 0.0952. The molecule has 1 N–H and O–H groups in total. The van der Waals surface area contributed by atoms with Crippen LogP contribution in [-0.2, 0) is 10.0 Å². The number of hydrogen-bond acceptors (Lipinski definition) is 5. The molecule has 0 bridgehead atoms. The number of benzene rings is 3. The Balaban J connectivity index is 1.96. The molecule has 0 spiro atoms. The van der Waals surface area contributed by atoms with Gasteiger partial charge in [-0.25, -0.2) is 8.42 Å². The first-order chi connectivity index (χ1) is 13.3. The van der Waals surface area contributed by atoms with Gasteiger partial charge in [-0.3, -0.25) is 4.72 Å². The third-order valence-electron chi connectivity index (χ3n) is 4.65. The van der Waals surface area contributed by atoms with Gasteiger partial charge in [0.25, 0.3) is 10.0 Å². The zero-order chi connectivity index (χ0) is 20.1. The number of carboxylic acid groups (broad SMARTS) is 1. The molecule has 0 saturated heterocycles. The summed E-state index contributed by atoms with van der Waals surface area (Å²) in [6, 6.07) is 15.0. The van der Waals surface area contributed by atoms with Crippen LogP contribution in [0.25, 0.3) is 21.7 Å². The highest BCUT2D eigenvalue weighted by Gasteiger charge is 2.20. The van der Waals surface area contributed by atoms with Gasteiger partial charge in [0.05, 0.1) is 16.6 Å². The molecule has 0 radical (unpaired) electrons. The Morgan fingerprint density at radius 1 is 0.964 bits per heavy atom. The number of sulfonamides is 1. The Morgan fingerprint density at radius 2 is 1.61 bits per heavy atom. The molecule has 1 heterocycles. The maximum absolute atomic E-state index is 12.9. The predicted octanol–water partition coefficient (Wildman–Crippen LogP) is 3.37. The summed E-state index contributed by atoms with van der Waals surface area (Å²) >= 11 is 0. The minimum absolute atomic E-state index is 0.0865. The summed E-state index contributed by atoms with van der Waals surface area (Å²) < 4.78 is 33.9. The average molecular weight is 394 g/mol. The molecular weight excluding hydrogens is 378 g/mol. The van der Waals surface area contributed by atoms with Crippen molar-refractivity contribution in [3.8, 4) is 0 Å². The van der Waals surface area contributed by atoms with Crippen LogP contribution in [0.15, 0.2) is 63.9 Å². The van der Waals surface area contributed by atoms with Crippen LogP contribution in [0.1, 0.15) is 21.7 Å². The van der Waals surface area contributed by atoms with Gasteiger partial charge in [0.2, 0.25) is 0 Å². The summed E-state index contributed by atoms with van der Waals surface area (Å²) in [6.45, 7) is 3.41. The van der Waals surface area contributed by atoms with Crippen LogP contribution >= 0.6 is 0 Å². The SMILES string of the molecule is Cc1ccc(S(=O)(=O)Nc2cc3c(C(=O)[O-])c(C)oc3c3ccccc23)cc1. The summed E-state index contributed by atoms with van der Waals surface area (Å²) in [7, 11) is -3.86. The molecular formula is C21H16NO5S-. The summed E-state index contributed by atoms with van der Waals surface area (Å²) in [5, 5.41) is 13.1. The van der Waals surface area contributed by atoms with Gasteiger partial charge in [-0.15, -0.1) is 0 Å². The number of fused-ring (bicyclic) bond motifs is 3. The van der Waals surface area contributed by atoms with Gasteiger partial charge in [0.1, 0.15) is 11.3 Å². The Labute approximate surface area is 161 Å². The minimum Gasteiger partial charge on any atom is -0.545 e. The van der Waals surface area contributed by atoms with Crippen molar-refractivity contribution in [2.45, 2.75) is 18.7 Å². The number of rotatable bonds is 4. The minimum atomic E-state index is -3.86. The third-order valence-corrected chi connectivity index (χ3v) is 6.03. The van der Waals surface area contributed by atoms with Crippen molar-refractivity contribution in [2.75, 3.05) is 4.72 Å². The topological polar surface area (TPSA) is 99.4 Å². The quantitative estimate of drug-likeness (QED) is 0.572. The van der Waals surface area contributed by atoms with Crippen molar-refractivity contribution in [1.29, 1.82) is 0 Å². The number of nitrogens with one attached hydrogen (secondary N) is 1. The van der Waals surface area contributed by atoms with Gasteiger partial charge in [-0.05, 0) is 32.0 Å². The van der Waals surface area contributed by atoms with Crippen LogP contribution in [0, 0.1) is 13.8 Å². The van der Waals surface area contributed by atoms with E-state index in [1.807, 2.05) is 6.92 Å². The lowest BCUT2D eigenvalue weighted by Crippen LogP contribution is -2.22. The number of furan rings is 1. The van der Waals surface area contributed by atoms with Gasteiger partial charge < -0.3 is 14.3 Å². The zero-order valence-corrected chi connectivity index (χ0v) is 16.0. The molecule has 4 rings (SSSR count). The molecule has 0 amide bonds. The molecule has 142 valence electrons. The summed E-state index contributed by atoms with van der Waals surface area (Å²) in [5.41, 5.74) is 1.51. The maximum Gasteiger partial charge on any atom is 0.261 e. The van der Waals surface area contributed by atoms with E-state index < -0.39 is 16.0 Å². The van der Waals surface area contributed by atoms with Crippen LogP contribution in [-0.4, -0.2) is 14.4 Å². The van der Waals surface area contributed by atoms with E-state index in [0.717, 1.165) is 5.56 Å². The number of carbonyl (C=O) groups is 1. The smallest absolute Gasteiger partial charge is 0.261 e. The van der Waals surface area contributed by atoms with Crippen LogP contribution < -0.4 is 9.83 Å². The molecule has 0 fully saturated rings. The molecule has 28 heavy (non-hydrogen) atoms. The highest BCUT2D eigenvalue weighted by Crippen LogP contribution is 2.37. The van der Waals surface area contributed by atoms with Crippen LogP contribution in [0.4, 0.5) is 5.69 Å². The van der Waals surface area contributed by atoms with E-state index in [0.29, 0.717) is 16.4 Å². The van der Waals surface area contributed by atoms with E-state index in [1.165, 1.54) is 25.1 Å². The highest BCUT2D eigenvalue weighted by molar-refractivity contribution is 7.92. The van der Waals surface area contributed by atoms with Crippen LogP contribution in [0.5, 0.6) is 0 Å². The van der Waals surface area contributed by atoms with Gasteiger partial charge in [-0.2, -0.15) is 0 Å². The third kappa shape index (κ3) is 2.90. The van der Waals surface area contributed by atoms with Crippen molar-refractivity contribution in [3.05, 3.63) is 71.5 Å². The Hall–Kier alpha value is -3.32. The number of carboxylic acids is 1. The van der Waals surface area contributed by atoms with Crippen molar-refractivity contribution in [1.82, 2.24) is 0 Å². The molecule has 0 saturated carbocycles. The number of aromatic carboxylic acids is 1. The molecule has 3 aromatic carbocycles. The second-order valence-electron chi connectivity index (χ2n) is 6.59. The molecule has 0 aliphatic heterocycles. The summed E-state index contributed by atoms with van der Waals surface area (Å²) in [6.07, 6.45) is 0. The van der Waals surface area contributed by atoms with E-state index in [9.17, 15) is 18.3 Å². The molecule has 4 aromatic rings. The van der Waals surface area contributed by atoms with Crippen LogP contribution in [0.2, 0.25) is 0 Å². The van der Waals surface area contributed by atoms with E-state index in [4.69, 9.17) is 4.42 Å². The van der Waals surface area contributed by atoms with Gasteiger partial charge in [0, 0.05) is 21.7 Å². The van der Waals surface area contributed by atoms with Crippen molar-refractivity contribution >= 4 is 43.4 Å². The Morgan fingerprint density at radius 3 is 2.25 bits per heavy atom. The largest absolute Gasteiger partial charge is 0.545 e. The number of aryl methyl sites for hydroxylation is 2. The van der Waals surface area contributed by atoms with Crippen molar-refractivity contribution in [2.24, 2.45) is 0 Å². The first-order valence-corrected chi connectivity index (χ1v) is 10.0. The summed E-state index contributed by atoms with van der Waals surface area (Å²) in [4.78, 5) is 11.7. The monoisotopic (exact) mass is 394 g/mol. The van der Waals surface area contributed by atoms with Crippen molar-refractivity contribution in [3.63, 3.8) is 0 Å². The van der Waals surface area contributed by atoms with E-state index in [2.05, 4.69) is 4.72 Å². The molecule has 1 aromatic heterocycles. The van der Waals surface area contributed by atoms with Crippen molar-refractivity contribution < 1.29 is 22.7 Å². The maximum atomic E-state index is 12.9. The van der Waals surface area contributed by atoms with Gasteiger partial charge in [-0.1, -0.05) is 42.0 Å². The van der Waals surface area contributed by atoms with Gasteiger partial charge >= 0.3 is 0 Å². The second-order valence-corrected chi connectivity index (χ2v) is 8.27. The molecule has 7 heteroatoms. The summed E-state index contributed by atoms with van der Waals surface area (Å²) in [5.74, 6) is -1.17. The molecule has 0 unspecified atom stereocenters. The molecule has 0 atom stereocenters. The van der Waals surface area contributed by atoms with E-state index in [1.54, 1.807) is 36.4 Å². The normalized spacial score (nSPS) is 11.8. The Kier molecular flexibility index (Phi) is 4.12. The average Bonchev–Trinajstić information content (AvgIpc) is 2.98. The highest BCUT2D eigenvalue weighted by atomic mass is 32.2. The predicted molar refractivity (Wildman–Crippen MR) is 105 cm³/mol. The molecule has 0 aliphatic carbocycles. The fourth-order valence-corrected chi connectivity index (χ4v) is 4.37. The first kappa shape index (κ1) is 18.1. The zero-order valence-electron chi connectivity index (χ0n) is 15.1. The lowest BCUT2D eigenvalue weighted by Gasteiger charge is -2.12. The Bertz CT molecular complexity index is 1330. The van der Waals surface area contributed by atoms with Gasteiger partial charge in [0.15, 0.2) is 0 Å². The van der Waals surface area contributed by atoms with E-state index in [-0.39, 0.29) is 27.3 Å². The molecule has 0 aliphatic rings. The number of anilines is 1. The first-order valence-electron chi connectivity index (χ1n) is 8.53. The lowest BCUT2D eigenvalue weighted by molar-refractivity contribution is -0.254. The molecule has 6 nitrogen and oxygen atoms in total. The van der Waals surface area contributed by atoms with E-state index >= 15 is 0 Å². The fourth-order valence-electron chi connectivity index (χ4n) is 3.30. The lowest BCUT2D eigenvalue weighted by atomic mass is 10.0. The standard InChI is InChI=1S/C21H17NO5S/c1-12-7-9-14(10-8-12)28(25,26)22-18-11-17-19(21(23)24)13(2)27-20(17)16-6-4-3-5-15(16)18/h3-11,22H,1-2H3,(H,23,24)/p-1. The number of hydrogen-bond donors (Lipinski definition) is 1. The second kappa shape index (κ2) is 6.38. The number of carbonyl (C=O) groups excluding carboxylic acids is 1. The van der Waals surface area contributed by atoms with Crippen LogP contribution in [0.3, 0.4) is 0 Å².